The summed E-state index contributed by atoms with van der Waals surface area (Å²) >= 11 is 0. The molecule has 0 saturated carbocycles. The van der Waals surface area contributed by atoms with E-state index in [9.17, 15) is 25.2 Å². The second-order valence-electron chi connectivity index (χ2n) is 11.9. The number of hydrogen-bond donors (Lipinski definition) is 4. The van der Waals surface area contributed by atoms with Crippen molar-refractivity contribution >= 4 is 5.97 Å². The molecular weight excluding hydrogens is 600 g/mol. The Labute approximate surface area is 284 Å². The number of allylic oxidation sites excluding steroid dienone is 10. The lowest BCUT2D eigenvalue weighted by molar-refractivity contribution is -0.305. The summed E-state index contributed by atoms with van der Waals surface area (Å²) in [4.78, 5) is 11.8. The summed E-state index contributed by atoms with van der Waals surface area (Å²) in [5, 5.41) is 39.3. The highest BCUT2D eigenvalue weighted by Crippen LogP contribution is 2.22. The van der Waals surface area contributed by atoms with Crippen molar-refractivity contribution in [1.82, 2.24) is 0 Å². The number of ether oxygens (including phenoxy) is 4. The van der Waals surface area contributed by atoms with Crippen LogP contribution < -0.4 is 0 Å². The summed E-state index contributed by atoms with van der Waals surface area (Å²) < 4.78 is 22.0. The molecule has 0 aromatic heterocycles. The molecule has 0 aromatic rings. The van der Waals surface area contributed by atoms with Gasteiger partial charge in [-0.3, -0.25) is 4.79 Å². The molecular formula is C38H64O9. The van der Waals surface area contributed by atoms with Crippen molar-refractivity contribution in [3.63, 3.8) is 0 Å². The summed E-state index contributed by atoms with van der Waals surface area (Å²) in [7, 11) is 0. The van der Waals surface area contributed by atoms with Crippen LogP contribution in [0.4, 0.5) is 0 Å². The number of aliphatic hydroxyl groups excluding tert-OH is 4. The lowest BCUT2D eigenvalue weighted by Crippen LogP contribution is -2.59. The fourth-order valence-corrected chi connectivity index (χ4v) is 4.90. The Morgan fingerprint density at radius 3 is 1.77 bits per heavy atom. The standard InChI is InChI=1S/C38H64O9/c1-3-5-6-7-8-9-10-11-12-13-14-15-16-17-18-19-20-21-22-23-24-25-26-27-28-44-30-32(46-34(40)4-2)31-45-38-37(43)36(42)35(41)33(29-39)47-38/h5-6,8-9,11-12,14-15,17-18,32-33,35-39,41-43H,3-4,7,10,13,16,19-31H2,1-2H3/b6-5-,9-8-,12-11-,15-14-,18-17-. The van der Waals surface area contributed by atoms with Crippen molar-refractivity contribution in [3.8, 4) is 0 Å². The van der Waals surface area contributed by atoms with E-state index in [1.165, 1.54) is 32.1 Å². The van der Waals surface area contributed by atoms with Crippen molar-refractivity contribution in [2.75, 3.05) is 26.4 Å². The van der Waals surface area contributed by atoms with Crippen LogP contribution in [0, 0.1) is 0 Å². The van der Waals surface area contributed by atoms with Gasteiger partial charge in [-0.25, -0.2) is 0 Å². The molecule has 1 rings (SSSR count). The normalized spacial score (nSPS) is 22.9. The third-order valence-corrected chi connectivity index (χ3v) is 7.75. The van der Waals surface area contributed by atoms with Crippen molar-refractivity contribution in [2.45, 2.75) is 147 Å². The summed E-state index contributed by atoms with van der Waals surface area (Å²) in [5.41, 5.74) is 0. The fourth-order valence-electron chi connectivity index (χ4n) is 4.90. The summed E-state index contributed by atoms with van der Waals surface area (Å²) in [5.74, 6) is -0.408. The molecule has 9 heteroatoms. The van der Waals surface area contributed by atoms with E-state index in [0.717, 1.165) is 57.8 Å². The minimum absolute atomic E-state index is 0.126. The Morgan fingerprint density at radius 2 is 1.21 bits per heavy atom. The van der Waals surface area contributed by atoms with Crippen LogP contribution in [0.2, 0.25) is 0 Å². The third-order valence-electron chi connectivity index (χ3n) is 7.75. The minimum atomic E-state index is -1.53. The van der Waals surface area contributed by atoms with Gasteiger partial charge in [-0.2, -0.15) is 0 Å². The molecule has 1 aliphatic rings. The maximum atomic E-state index is 11.8. The molecule has 9 nitrogen and oxygen atoms in total. The molecule has 1 heterocycles. The van der Waals surface area contributed by atoms with E-state index in [2.05, 4.69) is 67.7 Å². The quantitative estimate of drug-likeness (QED) is 0.0426. The SMILES string of the molecule is CC/C=C\C/C=C\C/C=C\C/C=C\C/C=C\CCCCCCCCCCOCC(COC1OC(CO)C(O)C(O)C1O)OC(=O)CC. The Morgan fingerprint density at radius 1 is 0.681 bits per heavy atom. The number of esters is 1. The van der Waals surface area contributed by atoms with Crippen LogP contribution in [-0.2, 0) is 23.7 Å². The van der Waals surface area contributed by atoms with Gasteiger partial charge in [0.25, 0.3) is 0 Å². The van der Waals surface area contributed by atoms with E-state index in [0.29, 0.717) is 6.61 Å². The van der Waals surface area contributed by atoms with Crippen LogP contribution in [0.1, 0.15) is 110 Å². The van der Waals surface area contributed by atoms with Crippen LogP contribution in [0.25, 0.3) is 0 Å². The van der Waals surface area contributed by atoms with Gasteiger partial charge in [0.15, 0.2) is 6.29 Å². The first kappa shape index (κ1) is 42.9. The molecule has 4 N–H and O–H groups in total. The second kappa shape index (κ2) is 30.0. The first-order chi connectivity index (χ1) is 22.9. The maximum Gasteiger partial charge on any atom is 0.305 e. The first-order valence-corrected chi connectivity index (χ1v) is 17.9. The number of carbonyl (C=O) groups excluding carboxylic acids is 1. The highest BCUT2D eigenvalue weighted by Gasteiger charge is 2.44. The number of rotatable bonds is 28. The first-order valence-electron chi connectivity index (χ1n) is 17.9. The number of aliphatic hydroxyl groups is 4. The van der Waals surface area contributed by atoms with E-state index in [-0.39, 0.29) is 19.6 Å². The van der Waals surface area contributed by atoms with Crippen molar-refractivity contribution in [3.05, 3.63) is 60.8 Å². The van der Waals surface area contributed by atoms with Gasteiger partial charge >= 0.3 is 5.97 Å². The Kier molecular flexibility index (Phi) is 27.4. The smallest absolute Gasteiger partial charge is 0.305 e. The molecule has 0 bridgehead atoms. The molecule has 0 amide bonds. The van der Waals surface area contributed by atoms with Crippen LogP contribution in [0.3, 0.4) is 0 Å². The van der Waals surface area contributed by atoms with Gasteiger partial charge in [0, 0.05) is 13.0 Å². The molecule has 0 radical (unpaired) electrons. The average molecular weight is 665 g/mol. The van der Waals surface area contributed by atoms with E-state index < -0.39 is 49.4 Å². The van der Waals surface area contributed by atoms with Crippen LogP contribution in [0.5, 0.6) is 0 Å². The largest absolute Gasteiger partial charge is 0.457 e. The highest BCUT2D eigenvalue weighted by atomic mass is 16.7. The van der Waals surface area contributed by atoms with Gasteiger partial charge in [0.1, 0.15) is 30.5 Å². The van der Waals surface area contributed by atoms with Crippen molar-refractivity contribution in [1.29, 1.82) is 0 Å². The van der Waals surface area contributed by atoms with Gasteiger partial charge in [-0.15, -0.1) is 0 Å². The zero-order valence-electron chi connectivity index (χ0n) is 29.0. The lowest BCUT2D eigenvalue weighted by Gasteiger charge is -2.39. The zero-order valence-corrected chi connectivity index (χ0v) is 29.0. The summed E-state index contributed by atoms with van der Waals surface area (Å²) in [6.07, 6.45) is 30.6. The molecule has 6 unspecified atom stereocenters. The Balaban J connectivity index is 2.03. The van der Waals surface area contributed by atoms with Gasteiger partial charge < -0.3 is 39.4 Å². The second-order valence-corrected chi connectivity index (χ2v) is 11.9. The molecule has 0 spiro atoms. The summed E-state index contributed by atoms with van der Waals surface area (Å²) in [6.45, 7) is 3.82. The fraction of sp³-hybridized carbons (Fsp3) is 0.711. The van der Waals surface area contributed by atoms with Gasteiger partial charge in [0.2, 0.25) is 0 Å². The van der Waals surface area contributed by atoms with Gasteiger partial charge in [0.05, 0.1) is 19.8 Å². The molecule has 6 atom stereocenters. The van der Waals surface area contributed by atoms with E-state index >= 15 is 0 Å². The van der Waals surface area contributed by atoms with E-state index in [1.54, 1.807) is 6.92 Å². The number of unbranched alkanes of at least 4 members (excludes halogenated alkanes) is 8. The molecule has 1 aliphatic heterocycles. The molecule has 1 saturated heterocycles. The lowest BCUT2D eigenvalue weighted by atomic mass is 9.99. The Hall–Kier alpha value is -2.11. The molecule has 270 valence electrons. The van der Waals surface area contributed by atoms with Crippen molar-refractivity contribution < 1.29 is 44.2 Å². The van der Waals surface area contributed by atoms with E-state index in [4.69, 9.17) is 18.9 Å². The van der Waals surface area contributed by atoms with Gasteiger partial charge in [-0.1, -0.05) is 113 Å². The summed E-state index contributed by atoms with van der Waals surface area (Å²) in [6, 6.07) is 0. The third kappa shape index (κ3) is 22.2. The topological polar surface area (TPSA) is 135 Å². The van der Waals surface area contributed by atoms with Crippen LogP contribution in [0.15, 0.2) is 60.8 Å². The molecule has 0 aliphatic carbocycles. The molecule has 47 heavy (non-hydrogen) atoms. The highest BCUT2D eigenvalue weighted by molar-refractivity contribution is 5.69. The number of hydrogen-bond acceptors (Lipinski definition) is 9. The average Bonchev–Trinajstić information content (AvgIpc) is 3.08. The van der Waals surface area contributed by atoms with Crippen LogP contribution >= 0.6 is 0 Å². The minimum Gasteiger partial charge on any atom is -0.457 e. The molecule has 1 fully saturated rings. The monoisotopic (exact) mass is 664 g/mol. The zero-order chi connectivity index (χ0) is 34.4. The van der Waals surface area contributed by atoms with E-state index in [1.807, 2.05) is 0 Å². The maximum absolute atomic E-state index is 11.8. The van der Waals surface area contributed by atoms with Crippen LogP contribution in [-0.4, -0.2) is 89.6 Å². The van der Waals surface area contributed by atoms with Crippen molar-refractivity contribution in [2.24, 2.45) is 0 Å². The van der Waals surface area contributed by atoms with Gasteiger partial charge in [-0.05, 0) is 51.4 Å². The molecule has 0 aromatic carbocycles. The predicted molar refractivity (Wildman–Crippen MR) is 187 cm³/mol. The number of carbonyl (C=O) groups is 1. The Bertz CT molecular complexity index is 896. The predicted octanol–water partition coefficient (Wildman–Crippen LogP) is 6.40.